The number of primary amides is 1. The molecular formula is C17H17NO5. The Bertz CT molecular complexity index is 782. The average molecular weight is 315 g/mol. The fourth-order valence-electron chi connectivity index (χ4n) is 2.49. The largest absolute Gasteiger partial charge is 0.497 e. The summed E-state index contributed by atoms with van der Waals surface area (Å²) in [4.78, 5) is 24.2. The molecule has 0 saturated carbocycles. The van der Waals surface area contributed by atoms with Crippen LogP contribution in [-0.2, 0) is 14.3 Å². The van der Waals surface area contributed by atoms with Gasteiger partial charge in [-0.3, -0.25) is 4.79 Å². The summed E-state index contributed by atoms with van der Waals surface area (Å²) in [5.74, 6) is -0.841. The van der Waals surface area contributed by atoms with E-state index in [2.05, 4.69) is 0 Å². The molecule has 1 saturated heterocycles. The van der Waals surface area contributed by atoms with Crippen molar-refractivity contribution >= 4 is 22.6 Å². The van der Waals surface area contributed by atoms with Crippen LogP contribution in [0, 0.1) is 0 Å². The Morgan fingerprint density at radius 3 is 2.61 bits per heavy atom. The molecule has 1 aliphatic heterocycles. The number of rotatable bonds is 5. The number of amides is 1. The van der Waals surface area contributed by atoms with Crippen molar-refractivity contribution in [2.45, 2.75) is 18.6 Å². The fraction of sp³-hybridized carbons (Fsp3) is 0.294. The van der Waals surface area contributed by atoms with Crippen LogP contribution < -0.4 is 10.5 Å². The van der Waals surface area contributed by atoms with Gasteiger partial charge >= 0.3 is 5.97 Å². The molecular weight excluding hydrogens is 298 g/mol. The topological polar surface area (TPSA) is 91.2 Å². The zero-order chi connectivity index (χ0) is 16.6. The number of carbonyl (C=O) groups is 2. The molecule has 2 aromatic carbocycles. The lowest BCUT2D eigenvalue weighted by Gasteiger charge is -2.19. The molecule has 6 nitrogen and oxygen atoms in total. The van der Waals surface area contributed by atoms with Crippen molar-refractivity contribution in [1.29, 1.82) is 0 Å². The molecule has 1 amide bonds. The minimum absolute atomic E-state index is 0.315. The molecule has 2 aromatic rings. The number of benzene rings is 2. The van der Waals surface area contributed by atoms with E-state index >= 15 is 0 Å². The third kappa shape index (κ3) is 2.85. The van der Waals surface area contributed by atoms with Gasteiger partial charge in [-0.2, -0.15) is 0 Å². The summed E-state index contributed by atoms with van der Waals surface area (Å²) in [7, 11) is 1.52. The first-order valence-corrected chi connectivity index (χ1v) is 7.15. The summed E-state index contributed by atoms with van der Waals surface area (Å²) in [6, 6.07) is 10.8. The van der Waals surface area contributed by atoms with Crippen LogP contribution >= 0.6 is 0 Å². The third-order valence-electron chi connectivity index (χ3n) is 3.93. The molecule has 3 rings (SSSR count). The Hall–Kier alpha value is -2.60. The van der Waals surface area contributed by atoms with Crippen molar-refractivity contribution in [1.82, 2.24) is 0 Å². The number of epoxide rings is 1. The van der Waals surface area contributed by atoms with Crippen molar-refractivity contribution in [3.8, 4) is 5.75 Å². The molecule has 2 N–H and O–H groups in total. The van der Waals surface area contributed by atoms with Gasteiger partial charge in [-0.15, -0.1) is 0 Å². The maximum atomic E-state index is 12.6. The first kappa shape index (κ1) is 15.3. The van der Waals surface area contributed by atoms with Crippen LogP contribution in [0.5, 0.6) is 5.75 Å². The van der Waals surface area contributed by atoms with Gasteiger partial charge < -0.3 is 19.9 Å². The van der Waals surface area contributed by atoms with E-state index < -0.39 is 23.6 Å². The highest BCUT2D eigenvalue weighted by molar-refractivity contribution is 6.06. The molecule has 0 aromatic heterocycles. The fourth-order valence-corrected chi connectivity index (χ4v) is 2.49. The summed E-state index contributed by atoms with van der Waals surface area (Å²) in [5, 5.41) is 1.55. The number of hydrogen-bond acceptors (Lipinski definition) is 5. The number of methoxy groups -OCH3 is 1. The molecule has 23 heavy (non-hydrogen) atoms. The van der Waals surface area contributed by atoms with Gasteiger partial charge in [0.1, 0.15) is 11.4 Å². The van der Waals surface area contributed by atoms with Crippen molar-refractivity contribution in [2.75, 3.05) is 13.7 Å². The van der Waals surface area contributed by atoms with Gasteiger partial charge in [-0.25, -0.2) is 4.79 Å². The maximum absolute atomic E-state index is 12.6. The van der Waals surface area contributed by atoms with Gasteiger partial charge in [0.25, 0.3) is 5.91 Å². The van der Waals surface area contributed by atoms with Gasteiger partial charge in [0.05, 0.1) is 19.3 Å². The van der Waals surface area contributed by atoms with E-state index in [4.69, 9.17) is 19.9 Å². The number of ether oxygens (including phenoxy) is 3. The average Bonchev–Trinajstić information content (AvgIpc) is 3.29. The van der Waals surface area contributed by atoms with E-state index in [1.807, 2.05) is 24.3 Å². The second kappa shape index (κ2) is 5.55. The zero-order valence-electron chi connectivity index (χ0n) is 12.9. The second-order valence-corrected chi connectivity index (χ2v) is 5.69. The molecule has 1 aliphatic rings. The molecule has 6 heteroatoms. The summed E-state index contributed by atoms with van der Waals surface area (Å²) in [6.07, 6.45) is -1.13. The highest BCUT2D eigenvalue weighted by Crippen LogP contribution is 2.33. The van der Waals surface area contributed by atoms with Gasteiger partial charge in [0.2, 0.25) is 6.10 Å². The number of esters is 1. The number of nitrogens with two attached hydrogens (primary N) is 1. The summed E-state index contributed by atoms with van der Waals surface area (Å²) >= 11 is 0. The summed E-state index contributed by atoms with van der Waals surface area (Å²) in [6.45, 7) is 2.01. The van der Waals surface area contributed by atoms with E-state index in [0.717, 1.165) is 5.39 Å². The van der Waals surface area contributed by atoms with Crippen LogP contribution in [0.4, 0.5) is 0 Å². The SMILES string of the molecule is COc1cc(C(=O)O[C@H](C(N)=O)[C@]2(C)CO2)c2ccccc2c1. The normalized spacial score (nSPS) is 20.8. The maximum Gasteiger partial charge on any atom is 0.339 e. The van der Waals surface area contributed by atoms with Gasteiger partial charge in [-0.1, -0.05) is 24.3 Å². The van der Waals surface area contributed by atoms with Crippen molar-refractivity contribution in [3.63, 3.8) is 0 Å². The van der Waals surface area contributed by atoms with E-state index in [9.17, 15) is 9.59 Å². The predicted octanol–water partition coefficient (Wildman–Crippen LogP) is 1.65. The van der Waals surface area contributed by atoms with Crippen molar-refractivity contribution < 1.29 is 23.8 Å². The van der Waals surface area contributed by atoms with Gasteiger partial charge in [0.15, 0.2) is 0 Å². The van der Waals surface area contributed by atoms with Crippen molar-refractivity contribution in [3.05, 3.63) is 42.0 Å². The number of fused-ring (bicyclic) bond motifs is 1. The van der Waals surface area contributed by atoms with E-state index in [0.29, 0.717) is 23.3 Å². The van der Waals surface area contributed by atoms with E-state index in [-0.39, 0.29) is 0 Å². The Morgan fingerprint density at radius 1 is 1.30 bits per heavy atom. The van der Waals surface area contributed by atoms with Crippen LogP contribution in [0.2, 0.25) is 0 Å². The van der Waals surface area contributed by atoms with Crippen LogP contribution in [0.3, 0.4) is 0 Å². The molecule has 2 atom stereocenters. The molecule has 0 aliphatic carbocycles. The molecule has 0 spiro atoms. The van der Waals surface area contributed by atoms with Gasteiger partial charge in [-0.05, 0) is 29.8 Å². The standard InChI is InChI=1S/C17H17NO5/c1-17(9-22-17)14(15(18)19)23-16(20)13-8-11(21-2)7-10-5-3-4-6-12(10)13/h3-8,14H,9H2,1-2H3,(H2,18,19)/t14-,17+/m1/s1. The molecule has 0 bridgehead atoms. The molecule has 0 radical (unpaired) electrons. The molecule has 0 unspecified atom stereocenters. The second-order valence-electron chi connectivity index (χ2n) is 5.69. The van der Waals surface area contributed by atoms with Crippen LogP contribution in [0.1, 0.15) is 17.3 Å². The zero-order valence-corrected chi connectivity index (χ0v) is 12.9. The lowest BCUT2D eigenvalue weighted by atomic mass is 10.0. The van der Waals surface area contributed by atoms with Crippen LogP contribution in [0.15, 0.2) is 36.4 Å². The highest BCUT2D eigenvalue weighted by atomic mass is 16.6. The minimum Gasteiger partial charge on any atom is -0.497 e. The van der Waals surface area contributed by atoms with Crippen LogP contribution in [0.25, 0.3) is 10.8 Å². The highest BCUT2D eigenvalue weighted by Gasteiger charge is 2.52. The third-order valence-corrected chi connectivity index (χ3v) is 3.93. The lowest BCUT2D eigenvalue weighted by Crippen LogP contribution is -2.43. The smallest absolute Gasteiger partial charge is 0.339 e. The van der Waals surface area contributed by atoms with Gasteiger partial charge in [0, 0.05) is 0 Å². The first-order valence-electron chi connectivity index (χ1n) is 7.15. The monoisotopic (exact) mass is 315 g/mol. The molecule has 120 valence electrons. The number of carbonyl (C=O) groups excluding carboxylic acids is 2. The lowest BCUT2D eigenvalue weighted by molar-refractivity contribution is -0.129. The number of hydrogen-bond donors (Lipinski definition) is 1. The molecule has 1 heterocycles. The van der Waals surface area contributed by atoms with E-state index in [1.54, 1.807) is 19.1 Å². The molecule has 1 fully saturated rings. The predicted molar refractivity (Wildman–Crippen MR) is 83.3 cm³/mol. The summed E-state index contributed by atoms with van der Waals surface area (Å²) in [5.41, 5.74) is 4.82. The summed E-state index contributed by atoms with van der Waals surface area (Å²) < 4.78 is 15.7. The quantitative estimate of drug-likeness (QED) is 0.669. The Balaban J connectivity index is 1.98. The van der Waals surface area contributed by atoms with E-state index in [1.165, 1.54) is 7.11 Å². The van der Waals surface area contributed by atoms with Crippen molar-refractivity contribution in [2.24, 2.45) is 5.73 Å². The Kier molecular flexibility index (Phi) is 3.69. The Morgan fingerprint density at radius 2 is 2.00 bits per heavy atom. The first-order chi connectivity index (χ1) is 10.9. The van der Waals surface area contributed by atoms with Crippen LogP contribution in [-0.4, -0.2) is 37.3 Å². The minimum atomic E-state index is -1.13. The Labute approximate surface area is 133 Å².